The van der Waals surface area contributed by atoms with E-state index in [2.05, 4.69) is 15.6 Å². The average Bonchev–Trinajstić information content (AvgIpc) is 3.34. The van der Waals surface area contributed by atoms with Crippen LogP contribution in [-0.4, -0.2) is 59.5 Å². The molecule has 1 aliphatic heterocycles. The normalized spacial score (nSPS) is 13.7. The number of halogens is 3. The molecule has 2 heterocycles. The van der Waals surface area contributed by atoms with Crippen molar-refractivity contribution in [2.45, 2.75) is 23.9 Å². The van der Waals surface area contributed by atoms with Crippen molar-refractivity contribution in [2.75, 3.05) is 47.5 Å². The summed E-state index contributed by atoms with van der Waals surface area (Å²) in [6.45, 7) is 3.10. The third-order valence-corrected chi connectivity index (χ3v) is 7.90. The van der Waals surface area contributed by atoms with Crippen molar-refractivity contribution in [2.24, 2.45) is 0 Å². The lowest BCUT2D eigenvalue weighted by atomic mass is 10.1. The van der Waals surface area contributed by atoms with Crippen LogP contribution in [0.3, 0.4) is 0 Å². The Bertz CT molecular complexity index is 1340. The molecule has 39 heavy (non-hydrogen) atoms. The molecule has 0 bridgehead atoms. The first-order valence-corrected chi connectivity index (χ1v) is 13.9. The third-order valence-electron chi connectivity index (χ3n) is 5.83. The zero-order chi connectivity index (χ0) is 28.0. The average molecular weight is 578 g/mol. The van der Waals surface area contributed by atoms with Gasteiger partial charge in [-0.15, -0.1) is 11.3 Å². The van der Waals surface area contributed by atoms with Gasteiger partial charge in [-0.1, -0.05) is 23.9 Å². The molecule has 0 aliphatic carbocycles. The van der Waals surface area contributed by atoms with Crippen molar-refractivity contribution in [1.29, 1.82) is 0 Å². The Kier molecular flexibility index (Phi) is 9.12. The molecule has 8 nitrogen and oxygen atoms in total. The lowest BCUT2D eigenvalue weighted by molar-refractivity contribution is -0.137. The summed E-state index contributed by atoms with van der Waals surface area (Å²) >= 11 is 2.61. The lowest BCUT2D eigenvalue weighted by Gasteiger charge is -2.36. The van der Waals surface area contributed by atoms with Crippen LogP contribution in [0, 0.1) is 0 Å². The highest BCUT2D eigenvalue weighted by molar-refractivity contribution is 8.01. The summed E-state index contributed by atoms with van der Waals surface area (Å²) < 4.78 is 39.7. The molecule has 13 heteroatoms. The van der Waals surface area contributed by atoms with Crippen LogP contribution in [0.15, 0.2) is 58.3 Å². The van der Waals surface area contributed by atoms with Crippen LogP contribution in [0.4, 0.5) is 30.2 Å². The fraction of sp³-hybridized carbons (Fsp3) is 0.308. The zero-order valence-corrected chi connectivity index (χ0v) is 22.6. The molecule has 1 fully saturated rings. The van der Waals surface area contributed by atoms with Crippen molar-refractivity contribution >= 4 is 57.9 Å². The second kappa shape index (κ2) is 12.5. The van der Waals surface area contributed by atoms with E-state index < -0.39 is 11.7 Å². The van der Waals surface area contributed by atoms with Crippen molar-refractivity contribution < 1.29 is 27.6 Å². The van der Waals surface area contributed by atoms with Gasteiger partial charge in [0.1, 0.15) is 0 Å². The molecule has 1 saturated heterocycles. The number of nitrogens with zero attached hydrogens (tertiary/aromatic N) is 3. The number of thiazole rings is 1. The second-order valence-electron chi connectivity index (χ2n) is 8.80. The first-order chi connectivity index (χ1) is 18.6. The number of thioether (sulfide) groups is 1. The summed E-state index contributed by atoms with van der Waals surface area (Å²) in [5.41, 5.74) is 1.55. The van der Waals surface area contributed by atoms with E-state index in [9.17, 15) is 27.6 Å². The van der Waals surface area contributed by atoms with Gasteiger partial charge in [0.15, 0.2) is 4.34 Å². The number of piperazine rings is 1. The van der Waals surface area contributed by atoms with Gasteiger partial charge in [-0.25, -0.2) is 4.98 Å². The molecule has 206 valence electrons. The Morgan fingerprint density at radius 1 is 1.00 bits per heavy atom. The highest BCUT2D eigenvalue weighted by atomic mass is 32.2. The number of alkyl halides is 3. The molecule has 3 aromatic rings. The number of anilines is 3. The maximum Gasteiger partial charge on any atom is 0.416 e. The molecule has 2 aromatic carbocycles. The number of benzene rings is 2. The number of aromatic nitrogens is 1. The standard InChI is InChI=1S/C26H26F3N5O3S2/c1-17(35)30-19-5-3-6-20(13-19)31-23(36)16-39-25-32-21(15-38-25)14-24(37)34-10-8-33(9-11-34)22-7-2-4-18(12-22)26(27,28)29/h2-7,12-13,15H,8-11,14,16H2,1H3,(H,30,35)(H,31,36). The predicted octanol–water partition coefficient (Wildman–Crippen LogP) is 4.74. The first kappa shape index (κ1) is 28.4. The Morgan fingerprint density at radius 2 is 1.69 bits per heavy atom. The van der Waals surface area contributed by atoms with Gasteiger partial charge in [-0.2, -0.15) is 13.2 Å². The molecular weight excluding hydrogens is 551 g/mol. The van der Waals surface area contributed by atoms with Gasteiger partial charge >= 0.3 is 6.18 Å². The molecule has 1 aromatic heterocycles. The number of amides is 3. The number of carbonyl (C=O) groups is 3. The van der Waals surface area contributed by atoms with Gasteiger partial charge in [0.05, 0.1) is 23.4 Å². The molecule has 0 radical (unpaired) electrons. The van der Waals surface area contributed by atoms with Crippen LogP contribution >= 0.6 is 23.1 Å². The number of hydrogen-bond acceptors (Lipinski definition) is 7. The Labute approximate surface area is 231 Å². The molecule has 3 amide bonds. The summed E-state index contributed by atoms with van der Waals surface area (Å²) in [4.78, 5) is 44.3. The Hall–Kier alpha value is -3.58. The van der Waals surface area contributed by atoms with Crippen molar-refractivity contribution in [3.8, 4) is 0 Å². The largest absolute Gasteiger partial charge is 0.416 e. The van der Waals surface area contributed by atoms with Gasteiger partial charge in [-0.05, 0) is 36.4 Å². The monoisotopic (exact) mass is 577 g/mol. The number of nitrogens with one attached hydrogen (secondary N) is 2. The maximum absolute atomic E-state index is 13.0. The molecule has 0 saturated carbocycles. The summed E-state index contributed by atoms with van der Waals surface area (Å²) in [7, 11) is 0. The summed E-state index contributed by atoms with van der Waals surface area (Å²) in [5, 5.41) is 7.22. The van der Waals surface area contributed by atoms with E-state index in [1.54, 1.807) is 40.6 Å². The topological polar surface area (TPSA) is 94.6 Å². The van der Waals surface area contributed by atoms with Gasteiger partial charge < -0.3 is 20.4 Å². The van der Waals surface area contributed by atoms with E-state index in [4.69, 9.17) is 0 Å². The minimum absolute atomic E-state index is 0.0997. The molecule has 4 rings (SSSR count). The van der Waals surface area contributed by atoms with Crippen molar-refractivity contribution in [3.05, 3.63) is 65.2 Å². The molecular formula is C26H26F3N5O3S2. The fourth-order valence-corrected chi connectivity index (χ4v) is 5.64. The maximum atomic E-state index is 13.0. The molecule has 2 N–H and O–H groups in total. The van der Waals surface area contributed by atoms with Crippen LogP contribution in [0.1, 0.15) is 18.2 Å². The lowest BCUT2D eigenvalue weighted by Crippen LogP contribution is -2.49. The Morgan fingerprint density at radius 3 is 2.38 bits per heavy atom. The molecule has 0 unspecified atom stereocenters. The quantitative estimate of drug-likeness (QED) is 0.376. The highest BCUT2D eigenvalue weighted by Gasteiger charge is 2.31. The summed E-state index contributed by atoms with van der Waals surface area (Å²) in [5.74, 6) is -0.406. The van der Waals surface area contributed by atoms with Gasteiger partial charge in [0.25, 0.3) is 0 Å². The van der Waals surface area contributed by atoms with E-state index in [0.717, 1.165) is 12.1 Å². The smallest absolute Gasteiger partial charge is 0.368 e. The molecule has 0 spiro atoms. The fourth-order valence-electron chi connectivity index (χ4n) is 4.00. The SMILES string of the molecule is CC(=O)Nc1cccc(NC(=O)CSc2nc(CC(=O)N3CCN(c4cccc(C(F)(F)F)c4)CC3)cs2)c1. The van der Waals surface area contributed by atoms with Crippen LogP contribution in [0.5, 0.6) is 0 Å². The predicted molar refractivity (Wildman–Crippen MR) is 146 cm³/mol. The van der Waals surface area contributed by atoms with Gasteiger partial charge in [0.2, 0.25) is 17.7 Å². The van der Waals surface area contributed by atoms with Crippen molar-refractivity contribution in [1.82, 2.24) is 9.88 Å². The number of rotatable bonds is 8. The second-order valence-corrected chi connectivity index (χ2v) is 10.9. The minimum Gasteiger partial charge on any atom is -0.368 e. The van der Waals surface area contributed by atoms with E-state index in [1.165, 1.54) is 36.1 Å². The van der Waals surface area contributed by atoms with E-state index in [0.29, 0.717) is 53.3 Å². The third kappa shape index (κ3) is 8.20. The summed E-state index contributed by atoms with van der Waals surface area (Å²) in [6.07, 6.45) is -4.29. The van der Waals surface area contributed by atoms with Crippen LogP contribution in [0.25, 0.3) is 0 Å². The van der Waals surface area contributed by atoms with Crippen molar-refractivity contribution in [3.63, 3.8) is 0 Å². The van der Waals surface area contributed by atoms with Gasteiger partial charge in [0, 0.05) is 55.5 Å². The number of hydrogen-bond donors (Lipinski definition) is 2. The van der Waals surface area contributed by atoms with E-state index in [1.807, 2.05) is 4.90 Å². The van der Waals surface area contributed by atoms with E-state index in [-0.39, 0.29) is 29.9 Å². The summed E-state index contributed by atoms with van der Waals surface area (Å²) in [6, 6.07) is 12.0. The first-order valence-electron chi connectivity index (χ1n) is 12.0. The zero-order valence-electron chi connectivity index (χ0n) is 21.0. The molecule has 0 atom stereocenters. The van der Waals surface area contributed by atoms with E-state index >= 15 is 0 Å². The number of carbonyl (C=O) groups excluding carboxylic acids is 3. The van der Waals surface area contributed by atoms with Crippen LogP contribution in [-0.2, 0) is 27.0 Å². The van der Waals surface area contributed by atoms with Gasteiger partial charge in [-0.3, -0.25) is 14.4 Å². The minimum atomic E-state index is -4.40. The van der Waals surface area contributed by atoms with Crippen LogP contribution in [0.2, 0.25) is 0 Å². The highest BCUT2D eigenvalue weighted by Crippen LogP contribution is 2.32. The Balaban J connectivity index is 1.22. The van der Waals surface area contributed by atoms with Crippen LogP contribution < -0.4 is 15.5 Å². The molecule has 1 aliphatic rings.